The molecule has 0 aliphatic carbocycles. The number of hydrogen-bond acceptors (Lipinski definition) is 3. The molecule has 0 aliphatic rings. The second-order valence-corrected chi connectivity index (χ2v) is 6.58. The van der Waals surface area contributed by atoms with Crippen LogP contribution in [0, 0.1) is 0 Å². The summed E-state index contributed by atoms with van der Waals surface area (Å²) in [6.07, 6.45) is -2.97. The van der Waals surface area contributed by atoms with Crippen LogP contribution in [0.15, 0.2) is 42.5 Å². The fourth-order valence-corrected chi connectivity index (χ4v) is 3.10. The molecular weight excluding hydrogens is 369 g/mol. The monoisotopic (exact) mass is 390 g/mol. The van der Waals surface area contributed by atoms with Gasteiger partial charge in [0.2, 0.25) is 11.9 Å². The molecule has 0 fully saturated rings. The minimum absolute atomic E-state index is 0.210. The Labute approximate surface area is 160 Å². The summed E-state index contributed by atoms with van der Waals surface area (Å²) < 4.78 is 39.2. The van der Waals surface area contributed by atoms with E-state index in [9.17, 15) is 18.0 Å². The number of alkyl halides is 3. The highest BCUT2D eigenvalue weighted by Crippen LogP contribution is 2.33. The molecule has 0 radical (unpaired) electrons. The van der Waals surface area contributed by atoms with Gasteiger partial charge >= 0.3 is 6.18 Å². The lowest BCUT2D eigenvalue weighted by molar-refractivity contribution is -0.137. The fraction of sp³-hybridized carbons (Fsp3) is 0.300. The smallest absolute Gasteiger partial charge is 0.349 e. The number of rotatable bonds is 6. The van der Waals surface area contributed by atoms with Crippen molar-refractivity contribution in [2.75, 3.05) is 10.6 Å². The number of benzene rings is 2. The van der Waals surface area contributed by atoms with Gasteiger partial charge in [0.05, 0.1) is 22.8 Å². The molecule has 0 bridgehead atoms. The van der Waals surface area contributed by atoms with Crippen molar-refractivity contribution >= 4 is 28.6 Å². The van der Waals surface area contributed by atoms with E-state index in [1.165, 1.54) is 19.1 Å². The highest BCUT2D eigenvalue weighted by atomic mass is 19.4. The number of carbonyl (C=O) groups is 1. The van der Waals surface area contributed by atoms with Crippen LogP contribution in [0.2, 0.25) is 0 Å². The lowest BCUT2D eigenvalue weighted by Crippen LogP contribution is -2.13. The first kappa shape index (κ1) is 19.7. The van der Waals surface area contributed by atoms with Crippen LogP contribution in [0.1, 0.15) is 43.9 Å². The Morgan fingerprint density at radius 2 is 1.96 bits per heavy atom. The maximum atomic E-state index is 13.1. The zero-order chi connectivity index (χ0) is 20.3. The molecule has 2 aromatic carbocycles. The third-order valence-corrected chi connectivity index (χ3v) is 4.33. The molecule has 8 heteroatoms. The van der Waals surface area contributed by atoms with Crippen LogP contribution < -0.4 is 10.6 Å². The Kier molecular flexibility index (Phi) is 5.58. The lowest BCUT2D eigenvalue weighted by Gasteiger charge is -2.19. The van der Waals surface area contributed by atoms with Gasteiger partial charge in [-0.25, -0.2) is 4.98 Å². The van der Waals surface area contributed by atoms with Crippen molar-refractivity contribution in [2.24, 2.45) is 0 Å². The summed E-state index contributed by atoms with van der Waals surface area (Å²) in [7, 11) is 0. The van der Waals surface area contributed by atoms with Gasteiger partial charge in [0, 0.05) is 6.92 Å². The predicted octanol–water partition coefficient (Wildman–Crippen LogP) is 5.49. The number of imidazole rings is 1. The van der Waals surface area contributed by atoms with Crippen molar-refractivity contribution in [1.82, 2.24) is 9.97 Å². The summed E-state index contributed by atoms with van der Waals surface area (Å²) in [6.45, 7) is 3.38. The highest BCUT2D eigenvalue weighted by molar-refractivity contribution is 5.99. The summed E-state index contributed by atoms with van der Waals surface area (Å²) in [5, 5.41) is 5.92. The first-order valence-corrected chi connectivity index (χ1v) is 8.98. The molecule has 0 saturated carbocycles. The van der Waals surface area contributed by atoms with E-state index in [-0.39, 0.29) is 11.9 Å². The van der Waals surface area contributed by atoms with Crippen LogP contribution in [0.5, 0.6) is 0 Å². The van der Waals surface area contributed by atoms with Gasteiger partial charge in [-0.3, -0.25) is 4.79 Å². The number of aromatic nitrogens is 2. The van der Waals surface area contributed by atoms with E-state index in [2.05, 4.69) is 20.6 Å². The zero-order valence-electron chi connectivity index (χ0n) is 15.5. The molecule has 1 amide bonds. The van der Waals surface area contributed by atoms with Crippen molar-refractivity contribution in [2.45, 2.75) is 38.9 Å². The molecule has 1 heterocycles. The maximum Gasteiger partial charge on any atom is 0.416 e. The third-order valence-electron chi connectivity index (χ3n) is 4.33. The number of carbonyl (C=O) groups excluding carboxylic acids is 1. The quantitative estimate of drug-likeness (QED) is 0.521. The van der Waals surface area contributed by atoms with Gasteiger partial charge in [0.1, 0.15) is 5.52 Å². The van der Waals surface area contributed by atoms with E-state index < -0.39 is 11.7 Å². The molecule has 1 atom stereocenters. The molecule has 5 nitrogen and oxygen atoms in total. The Balaban J connectivity index is 1.92. The number of fused-ring (bicyclic) bond motifs is 1. The molecule has 0 spiro atoms. The van der Waals surface area contributed by atoms with Crippen molar-refractivity contribution in [3.05, 3.63) is 53.6 Å². The number of hydrogen-bond donors (Lipinski definition) is 3. The Hall–Kier alpha value is -3.03. The molecular formula is C20H21F3N4O. The van der Waals surface area contributed by atoms with Gasteiger partial charge in [-0.05, 0) is 36.2 Å². The van der Waals surface area contributed by atoms with E-state index >= 15 is 0 Å². The highest BCUT2D eigenvalue weighted by Gasteiger charge is 2.31. The maximum absolute atomic E-state index is 13.1. The van der Waals surface area contributed by atoms with Crippen LogP contribution >= 0.6 is 0 Å². The normalized spacial score (nSPS) is 12.8. The Morgan fingerprint density at radius 1 is 1.21 bits per heavy atom. The van der Waals surface area contributed by atoms with E-state index in [0.29, 0.717) is 34.7 Å². The Morgan fingerprint density at radius 3 is 2.64 bits per heavy atom. The average molecular weight is 390 g/mol. The number of halogens is 3. The average Bonchev–Trinajstić information content (AvgIpc) is 3.04. The van der Waals surface area contributed by atoms with E-state index in [0.717, 1.165) is 12.5 Å². The molecule has 1 aromatic heterocycles. The number of nitrogens with one attached hydrogen (secondary N) is 3. The van der Waals surface area contributed by atoms with E-state index in [1.54, 1.807) is 18.2 Å². The zero-order valence-corrected chi connectivity index (χ0v) is 15.5. The minimum atomic E-state index is -4.39. The minimum Gasteiger partial charge on any atom is -0.349 e. The van der Waals surface area contributed by atoms with Crippen molar-refractivity contribution in [3.63, 3.8) is 0 Å². The first-order chi connectivity index (χ1) is 13.3. The van der Waals surface area contributed by atoms with Gasteiger partial charge in [0.25, 0.3) is 0 Å². The molecule has 3 N–H and O–H groups in total. The third kappa shape index (κ3) is 4.44. The molecule has 1 unspecified atom stereocenters. The summed E-state index contributed by atoms with van der Waals surface area (Å²) in [5.41, 5.74) is 1.73. The van der Waals surface area contributed by atoms with Crippen LogP contribution in [-0.4, -0.2) is 15.9 Å². The Bertz CT molecular complexity index is 981. The van der Waals surface area contributed by atoms with Crippen LogP contribution in [-0.2, 0) is 11.0 Å². The van der Waals surface area contributed by atoms with Crippen molar-refractivity contribution in [1.29, 1.82) is 0 Å². The van der Waals surface area contributed by atoms with Gasteiger partial charge in [-0.1, -0.05) is 31.5 Å². The van der Waals surface area contributed by atoms with Crippen LogP contribution in [0.3, 0.4) is 0 Å². The summed E-state index contributed by atoms with van der Waals surface area (Å²) in [6, 6.07) is 10.3. The van der Waals surface area contributed by atoms with E-state index in [4.69, 9.17) is 0 Å². The van der Waals surface area contributed by atoms with Crippen molar-refractivity contribution in [3.8, 4) is 0 Å². The lowest BCUT2D eigenvalue weighted by atomic mass is 10.00. The fourth-order valence-electron chi connectivity index (χ4n) is 3.10. The van der Waals surface area contributed by atoms with Gasteiger partial charge in [-0.15, -0.1) is 0 Å². The van der Waals surface area contributed by atoms with Gasteiger partial charge in [0.15, 0.2) is 0 Å². The number of nitrogens with zero attached hydrogens (tertiary/aromatic N) is 1. The molecule has 0 aliphatic heterocycles. The van der Waals surface area contributed by atoms with Crippen LogP contribution in [0.4, 0.5) is 24.8 Å². The summed E-state index contributed by atoms with van der Waals surface area (Å²) >= 11 is 0. The largest absolute Gasteiger partial charge is 0.416 e. The van der Waals surface area contributed by atoms with Gasteiger partial charge in [-0.2, -0.15) is 13.2 Å². The van der Waals surface area contributed by atoms with Gasteiger partial charge < -0.3 is 15.6 Å². The van der Waals surface area contributed by atoms with Crippen LogP contribution in [0.25, 0.3) is 11.0 Å². The molecule has 3 aromatic rings. The summed E-state index contributed by atoms with van der Waals surface area (Å²) in [5.74, 6) is 0.224. The number of aromatic amines is 1. The molecule has 3 rings (SSSR count). The SMILES string of the molecule is CCCC(Nc1nc2c(NC(C)=O)cccc2[nH]1)c1cccc(C(F)(F)F)c1. The predicted molar refractivity (Wildman–Crippen MR) is 103 cm³/mol. The number of H-pyrrole nitrogens is 1. The second-order valence-electron chi connectivity index (χ2n) is 6.58. The first-order valence-electron chi connectivity index (χ1n) is 8.98. The van der Waals surface area contributed by atoms with Crippen molar-refractivity contribution < 1.29 is 18.0 Å². The molecule has 148 valence electrons. The second kappa shape index (κ2) is 7.92. The summed E-state index contributed by atoms with van der Waals surface area (Å²) in [4.78, 5) is 19.0. The number of para-hydroxylation sites is 1. The number of anilines is 2. The molecule has 28 heavy (non-hydrogen) atoms. The topological polar surface area (TPSA) is 69.8 Å². The van der Waals surface area contributed by atoms with E-state index in [1.807, 2.05) is 13.0 Å². The molecule has 0 saturated heterocycles. The standard InChI is InChI=1S/C20H21F3N4O/c1-3-6-15(13-7-4-8-14(11-13)20(21,22)23)25-19-26-17-10-5-9-16(18(17)27-19)24-12(2)28/h4-5,7-11,15H,3,6H2,1-2H3,(H,24,28)(H2,25,26,27). The number of amides is 1.